The first-order valence-corrected chi connectivity index (χ1v) is 10.5. The van der Waals surface area contributed by atoms with E-state index in [2.05, 4.69) is 0 Å². The minimum Gasteiger partial charge on any atom is -0.491 e. The van der Waals surface area contributed by atoms with Gasteiger partial charge in [0.2, 0.25) is 0 Å². The van der Waals surface area contributed by atoms with Gasteiger partial charge in [0.15, 0.2) is 5.78 Å². The summed E-state index contributed by atoms with van der Waals surface area (Å²) in [5.41, 5.74) is 1.18. The highest BCUT2D eigenvalue weighted by atomic mass is 35.5. The van der Waals surface area contributed by atoms with Crippen LogP contribution in [0.2, 0.25) is 5.02 Å². The van der Waals surface area contributed by atoms with E-state index in [1.165, 1.54) is 0 Å². The minimum atomic E-state index is -0.0630. The van der Waals surface area contributed by atoms with Gasteiger partial charge < -0.3 is 28.8 Å². The number of benzene rings is 2. The first-order valence-electron chi connectivity index (χ1n) is 10.2. The second kappa shape index (κ2) is 15.8. The van der Waals surface area contributed by atoms with Crippen molar-refractivity contribution < 1.29 is 33.6 Å². The zero-order valence-corrected chi connectivity index (χ0v) is 18.2. The molecular formula is C23H29ClO7. The molecule has 0 saturated carbocycles. The molecule has 0 radical (unpaired) electrons. The molecule has 0 aliphatic heterocycles. The first-order chi connectivity index (χ1) is 15.2. The molecular weight excluding hydrogens is 424 g/mol. The van der Waals surface area contributed by atoms with Crippen molar-refractivity contribution in [1.82, 2.24) is 0 Å². The molecule has 8 heteroatoms. The monoisotopic (exact) mass is 452 g/mol. The molecule has 7 nitrogen and oxygen atoms in total. The Balaban J connectivity index is 1.49. The number of ketones is 1. The summed E-state index contributed by atoms with van der Waals surface area (Å²) < 4.78 is 26.8. The van der Waals surface area contributed by atoms with Gasteiger partial charge in [0.1, 0.15) is 12.4 Å². The predicted octanol–water partition coefficient (Wildman–Crippen LogP) is 3.01. The molecule has 0 saturated heterocycles. The second-order valence-electron chi connectivity index (χ2n) is 6.38. The Kier molecular flexibility index (Phi) is 12.8. The highest BCUT2D eigenvalue weighted by Gasteiger charge is 2.09. The van der Waals surface area contributed by atoms with Crippen molar-refractivity contribution in [2.45, 2.75) is 0 Å². The minimum absolute atomic E-state index is 0.0204. The Morgan fingerprint density at radius 2 is 1.06 bits per heavy atom. The molecule has 0 heterocycles. The highest BCUT2D eigenvalue weighted by molar-refractivity contribution is 6.30. The van der Waals surface area contributed by atoms with Gasteiger partial charge in [0.05, 0.1) is 59.5 Å². The van der Waals surface area contributed by atoms with Crippen LogP contribution in [0.3, 0.4) is 0 Å². The van der Waals surface area contributed by atoms with Crippen LogP contribution in [0.25, 0.3) is 0 Å². The van der Waals surface area contributed by atoms with Gasteiger partial charge in [0.25, 0.3) is 0 Å². The van der Waals surface area contributed by atoms with E-state index < -0.39 is 0 Å². The van der Waals surface area contributed by atoms with Crippen molar-refractivity contribution in [1.29, 1.82) is 0 Å². The first kappa shape index (κ1) is 25.3. The Labute approximate surface area is 187 Å². The molecule has 2 aromatic rings. The smallest absolute Gasteiger partial charge is 0.193 e. The van der Waals surface area contributed by atoms with Crippen LogP contribution in [0.5, 0.6) is 5.75 Å². The normalized spacial score (nSPS) is 10.9. The van der Waals surface area contributed by atoms with E-state index in [-0.39, 0.29) is 12.4 Å². The lowest BCUT2D eigenvalue weighted by Crippen LogP contribution is -2.14. The van der Waals surface area contributed by atoms with Gasteiger partial charge in [-0.1, -0.05) is 11.6 Å². The fourth-order valence-corrected chi connectivity index (χ4v) is 2.64. The van der Waals surface area contributed by atoms with Gasteiger partial charge in [-0.15, -0.1) is 0 Å². The Bertz CT molecular complexity index is 735. The van der Waals surface area contributed by atoms with Gasteiger partial charge in [-0.05, 0) is 48.5 Å². The molecule has 0 bridgehead atoms. The third-order valence-corrected chi connectivity index (χ3v) is 4.32. The predicted molar refractivity (Wildman–Crippen MR) is 117 cm³/mol. The second-order valence-corrected chi connectivity index (χ2v) is 6.82. The van der Waals surface area contributed by atoms with Crippen molar-refractivity contribution in [3.8, 4) is 5.75 Å². The van der Waals surface area contributed by atoms with Crippen LogP contribution in [0.4, 0.5) is 0 Å². The van der Waals surface area contributed by atoms with Crippen LogP contribution in [-0.2, 0) is 18.9 Å². The Morgan fingerprint density at radius 1 is 0.645 bits per heavy atom. The number of aliphatic hydroxyl groups is 1. The molecule has 0 aromatic heterocycles. The lowest BCUT2D eigenvalue weighted by atomic mass is 10.0. The maximum Gasteiger partial charge on any atom is 0.193 e. The van der Waals surface area contributed by atoms with Gasteiger partial charge in [-0.3, -0.25) is 4.79 Å². The van der Waals surface area contributed by atoms with Crippen molar-refractivity contribution in [2.75, 3.05) is 66.1 Å². The zero-order valence-electron chi connectivity index (χ0n) is 17.5. The summed E-state index contributed by atoms with van der Waals surface area (Å²) in [5.74, 6) is 0.611. The summed E-state index contributed by atoms with van der Waals surface area (Å²) in [4.78, 5) is 12.4. The summed E-state index contributed by atoms with van der Waals surface area (Å²) in [6.45, 7) is 4.06. The maximum atomic E-state index is 12.4. The zero-order chi connectivity index (χ0) is 22.2. The van der Waals surface area contributed by atoms with Crippen LogP contribution in [-0.4, -0.2) is 77.0 Å². The van der Waals surface area contributed by atoms with E-state index in [4.69, 9.17) is 40.4 Å². The number of carbonyl (C=O) groups excluding carboxylic acids is 1. The molecule has 31 heavy (non-hydrogen) atoms. The van der Waals surface area contributed by atoms with E-state index in [0.29, 0.717) is 81.4 Å². The Hall–Kier alpha value is -2.00. The summed E-state index contributed by atoms with van der Waals surface area (Å²) in [6, 6.07) is 13.8. The molecule has 0 aliphatic rings. The van der Waals surface area contributed by atoms with E-state index in [1.807, 2.05) is 0 Å². The summed E-state index contributed by atoms with van der Waals surface area (Å²) in [6.07, 6.45) is 0. The molecule has 0 spiro atoms. The SMILES string of the molecule is O=C(c1ccc(Cl)cc1)c1ccc(OCCOCCOCCOCCOCCO)cc1. The molecule has 1 N–H and O–H groups in total. The van der Waals surface area contributed by atoms with Crippen molar-refractivity contribution in [3.63, 3.8) is 0 Å². The number of ether oxygens (including phenoxy) is 5. The van der Waals surface area contributed by atoms with Crippen molar-refractivity contribution in [3.05, 3.63) is 64.7 Å². The molecule has 0 aliphatic carbocycles. The number of aliphatic hydroxyl groups excluding tert-OH is 1. The quantitative estimate of drug-likeness (QED) is 0.292. The number of hydrogen-bond acceptors (Lipinski definition) is 7. The van der Waals surface area contributed by atoms with E-state index in [0.717, 1.165) is 0 Å². The third kappa shape index (κ3) is 10.7. The lowest BCUT2D eigenvalue weighted by Gasteiger charge is -2.09. The fraction of sp³-hybridized carbons (Fsp3) is 0.435. The average molecular weight is 453 g/mol. The fourth-order valence-electron chi connectivity index (χ4n) is 2.52. The maximum absolute atomic E-state index is 12.4. The topological polar surface area (TPSA) is 83.5 Å². The summed E-state index contributed by atoms with van der Waals surface area (Å²) in [7, 11) is 0. The Morgan fingerprint density at radius 3 is 1.55 bits per heavy atom. The average Bonchev–Trinajstić information content (AvgIpc) is 2.80. The number of carbonyl (C=O) groups is 1. The molecule has 2 rings (SSSR count). The summed E-state index contributed by atoms with van der Waals surface area (Å²) >= 11 is 5.86. The van der Waals surface area contributed by atoms with Gasteiger partial charge >= 0.3 is 0 Å². The molecule has 0 unspecified atom stereocenters. The van der Waals surface area contributed by atoms with E-state index in [9.17, 15) is 4.79 Å². The number of rotatable bonds is 17. The molecule has 0 atom stereocenters. The van der Waals surface area contributed by atoms with Crippen molar-refractivity contribution in [2.24, 2.45) is 0 Å². The van der Waals surface area contributed by atoms with E-state index in [1.54, 1.807) is 48.5 Å². The molecule has 170 valence electrons. The van der Waals surface area contributed by atoms with Crippen LogP contribution >= 0.6 is 11.6 Å². The largest absolute Gasteiger partial charge is 0.491 e. The number of hydrogen-bond donors (Lipinski definition) is 1. The van der Waals surface area contributed by atoms with Crippen molar-refractivity contribution >= 4 is 17.4 Å². The highest BCUT2D eigenvalue weighted by Crippen LogP contribution is 2.17. The van der Waals surface area contributed by atoms with Crippen LogP contribution in [0.15, 0.2) is 48.5 Å². The standard InChI is InChI=1S/C23H29ClO7/c24-21-5-1-19(2-6-21)23(26)20-3-7-22(8-4-20)31-18-17-30-16-15-29-14-13-28-12-11-27-10-9-25/h1-8,25H,9-18H2. The van der Waals surface area contributed by atoms with Crippen LogP contribution < -0.4 is 4.74 Å². The molecule has 0 amide bonds. The van der Waals surface area contributed by atoms with Gasteiger partial charge in [0, 0.05) is 16.1 Å². The van der Waals surface area contributed by atoms with Crippen LogP contribution in [0.1, 0.15) is 15.9 Å². The molecule has 0 fully saturated rings. The lowest BCUT2D eigenvalue weighted by molar-refractivity contribution is -0.00779. The third-order valence-electron chi connectivity index (χ3n) is 4.07. The molecule has 2 aromatic carbocycles. The van der Waals surface area contributed by atoms with E-state index >= 15 is 0 Å². The summed E-state index contributed by atoms with van der Waals surface area (Å²) in [5, 5.41) is 9.15. The van der Waals surface area contributed by atoms with Gasteiger partial charge in [-0.25, -0.2) is 0 Å². The van der Waals surface area contributed by atoms with Crippen LogP contribution in [0, 0.1) is 0 Å². The number of halogens is 1. The van der Waals surface area contributed by atoms with Gasteiger partial charge in [-0.2, -0.15) is 0 Å².